The van der Waals surface area contributed by atoms with E-state index >= 15 is 0 Å². The first-order chi connectivity index (χ1) is 14.9. The highest BCUT2D eigenvalue weighted by Crippen LogP contribution is 2.20. The average Bonchev–Trinajstić information content (AvgIpc) is 2.77. The van der Waals surface area contributed by atoms with Crippen molar-refractivity contribution < 1.29 is 14.3 Å². The number of nitrogens with one attached hydrogen (secondary N) is 2. The molecule has 2 amide bonds. The molecule has 0 bridgehead atoms. The predicted octanol–water partition coefficient (Wildman–Crippen LogP) is 4.64. The number of anilines is 2. The van der Waals surface area contributed by atoms with Crippen LogP contribution in [-0.4, -0.2) is 43.0 Å². The van der Waals surface area contributed by atoms with Gasteiger partial charge in [-0.05, 0) is 61.1 Å². The Morgan fingerprint density at radius 2 is 1.77 bits per heavy atom. The van der Waals surface area contributed by atoms with Gasteiger partial charge in [0.15, 0.2) is 0 Å². The van der Waals surface area contributed by atoms with E-state index in [1.165, 1.54) is 0 Å². The summed E-state index contributed by atoms with van der Waals surface area (Å²) in [5.74, 6) is 1.82. The van der Waals surface area contributed by atoms with Crippen LogP contribution < -0.4 is 15.4 Å². The Hall–Kier alpha value is -3.02. The zero-order valence-electron chi connectivity index (χ0n) is 18.7. The van der Waals surface area contributed by atoms with Crippen molar-refractivity contribution in [2.24, 2.45) is 11.8 Å². The fraction of sp³-hybridized carbons (Fsp3) is 0.440. The Bertz CT molecular complexity index is 872. The molecule has 2 N–H and O–H groups in total. The van der Waals surface area contributed by atoms with E-state index in [1.807, 2.05) is 29.2 Å². The van der Waals surface area contributed by atoms with Crippen molar-refractivity contribution >= 4 is 23.2 Å². The van der Waals surface area contributed by atoms with E-state index in [9.17, 15) is 9.59 Å². The lowest BCUT2D eigenvalue weighted by molar-refractivity contribution is -0.114. The van der Waals surface area contributed by atoms with Gasteiger partial charge in [-0.15, -0.1) is 0 Å². The van der Waals surface area contributed by atoms with E-state index in [4.69, 9.17) is 4.74 Å². The standard InChI is InChI=1S/C25H33N3O3/c1-18(2)17-31-23-6-4-5-22(15-23)26-16-24(29)27-21-9-7-20(8-10-21)25(30)28-13-11-19(3)12-14-28/h4-10,15,18-19,26H,11-14,16-17H2,1-3H3,(H,27,29). The number of carbonyl (C=O) groups excluding carboxylic acids is 2. The van der Waals surface area contributed by atoms with Crippen molar-refractivity contribution in [1.29, 1.82) is 0 Å². The molecule has 0 aromatic heterocycles. The molecule has 1 heterocycles. The number of hydrogen-bond donors (Lipinski definition) is 2. The van der Waals surface area contributed by atoms with Gasteiger partial charge in [-0.1, -0.05) is 26.8 Å². The minimum absolute atomic E-state index is 0.0611. The lowest BCUT2D eigenvalue weighted by atomic mass is 9.98. The Morgan fingerprint density at radius 3 is 2.45 bits per heavy atom. The molecule has 6 heteroatoms. The molecule has 0 radical (unpaired) electrons. The third-order valence-corrected chi connectivity index (χ3v) is 5.36. The van der Waals surface area contributed by atoms with Gasteiger partial charge in [-0.2, -0.15) is 0 Å². The first-order valence-electron chi connectivity index (χ1n) is 11.1. The van der Waals surface area contributed by atoms with Gasteiger partial charge in [0.05, 0.1) is 13.2 Å². The second-order valence-electron chi connectivity index (χ2n) is 8.69. The summed E-state index contributed by atoms with van der Waals surface area (Å²) in [6.45, 7) is 8.85. The molecule has 6 nitrogen and oxygen atoms in total. The van der Waals surface area contributed by atoms with Gasteiger partial charge in [0.2, 0.25) is 5.91 Å². The average molecular weight is 424 g/mol. The highest BCUT2D eigenvalue weighted by Gasteiger charge is 2.21. The molecule has 0 spiro atoms. The van der Waals surface area contributed by atoms with Gasteiger partial charge in [0.1, 0.15) is 5.75 Å². The maximum absolute atomic E-state index is 12.6. The summed E-state index contributed by atoms with van der Waals surface area (Å²) in [4.78, 5) is 26.8. The molecule has 0 unspecified atom stereocenters. The Kier molecular flexibility index (Phi) is 7.93. The van der Waals surface area contributed by atoms with Crippen LogP contribution in [0, 0.1) is 11.8 Å². The number of amides is 2. The van der Waals surface area contributed by atoms with Gasteiger partial charge in [-0.3, -0.25) is 9.59 Å². The highest BCUT2D eigenvalue weighted by molar-refractivity contribution is 5.96. The van der Waals surface area contributed by atoms with Crippen molar-refractivity contribution in [3.05, 3.63) is 54.1 Å². The summed E-state index contributed by atoms with van der Waals surface area (Å²) < 4.78 is 5.72. The SMILES string of the molecule is CC(C)COc1cccc(NCC(=O)Nc2ccc(C(=O)N3CCC(C)CC3)cc2)c1. The van der Waals surface area contributed by atoms with Gasteiger partial charge >= 0.3 is 0 Å². The van der Waals surface area contributed by atoms with E-state index in [2.05, 4.69) is 31.4 Å². The number of benzene rings is 2. The smallest absolute Gasteiger partial charge is 0.253 e. The predicted molar refractivity (Wildman–Crippen MR) is 125 cm³/mol. The normalized spacial score (nSPS) is 14.4. The summed E-state index contributed by atoms with van der Waals surface area (Å²) in [5, 5.41) is 5.98. The maximum Gasteiger partial charge on any atom is 0.253 e. The van der Waals surface area contributed by atoms with Crippen molar-refractivity contribution in [2.45, 2.75) is 33.6 Å². The lowest BCUT2D eigenvalue weighted by Crippen LogP contribution is -2.37. The number of rotatable bonds is 8. The molecule has 1 aliphatic heterocycles. The van der Waals surface area contributed by atoms with Gasteiger partial charge in [0, 0.05) is 36.1 Å². The topological polar surface area (TPSA) is 70.7 Å². The van der Waals surface area contributed by atoms with Crippen molar-refractivity contribution in [3.8, 4) is 5.75 Å². The Balaban J connectivity index is 1.47. The van der Waals surface area contributed by atoms with Crippen LogP contribution in [0.25, 0.3) is 0 Å². The van der Waals surface area contributed by atoms with Crippen LogP contribution in [0.3, 0.4) is 0 Å². The van der Waals surface area contributed by atoms with Crippen LogP contribution in [0.4, 0.5) is 11.4 Å². The van der Waals surface area contributed by atoms with E-state index < -0.39 is 0 Å². The third-order valence-electron chi connectivity index (χ3n) is 5.36. The van der Waals surface area contributed by atoms with Crippen LogP contribution in [0.1, 0.15) is 44.0 Å². The first kappa shape index (κ1) is 22.7. The fourth-order valence-corrected chi connectivity index (χ4v) is 3.44. The summed E-state index contributed by atoms with van der Waals surface area (Å²) >= 11 is 0. The van der Waals surface area contributed by atoms with Crippen molar-refractivity contribution in [1.82, 2.24) is 4.90 Å². The van der Waals surface area contributed by atoms with E-state index in [-0.39, 0.29) is 18.4 Å². The van der Waals surface area contributed by atoms with Crippen LogP contribution >= 0.6 is 0 Å². The monoisotopic (exact) mass is 423 g/mol. The summed E-state index contributed by atoms with van der Waals surface area (Å²) in [7, 11) is 0. The molecule has 1 aliphatic rings. The Morgan fingerprint density at radius 1 is 1.06 bits per heavy atom. The second-order valence-corrected chi connectivity index (χ2v) is 8.69. The zero-order chi connectivity index (χ0) is 22.2. The molecule has 0 saturated carbocycles. The Labute approximate surface area is 185 Å². The number of nitrogens with zero attached hydrogens (tertiary/aromatic N) is 1. The molecule has 2 aromatic carbocycles. The summed E-state index contributed by atoms with van der Waals surface area (Å²) in [6.07, 6.45) is 2.11. The molecule has 1 fully saturated rings. The van der Waals surface area contributed by atoms with E-state index in [1.54, 1.807) is 24.3 Å². The zero-order valence-corrected chi connectivity index (χ0v) is 18.7. The quantitative estimate of drug-likeness (QED) is 0.649. The minimum atomic E-state index is -0.155. The number of hydrogen-bond acceptors (Lipinski definition) is 4. The third kappa shape index (κ3) is 7.02. The van der Waals surface area contributed by atoms with E-state index in [0.717, 1.165) is 37.4 Å². The van der Waals surface area contributed by atoms with Crippen LogP contribution in [0.2, 0.25) is 0 Å². The molecule has 166 valence electrons. The van der Waals surface area contributed by atoms with Crippen molar-refractivity contribution in [2.75, 3.05) is 36.9 Å². The second kappa shape index (κ2) is 10.8. The largest absolute Gasteiger partial charge is 0.493 e. The van der Waals surface area contributed by atoms with Gasteiger partial charge in [0.25, 0.3) is 5.91 Å². The van der Waals surface area contributed by atoms with Gasteiger partial charge < -0.3 is 20.3 Å². The first-order valence-corrected chi connectivity index (χ1v) is 11.1. The van der Waals surface area contributed by atoms with Crippen LogP contribution in [-0.2, 0) is 4.79 Å². The molecule has 0 atom stereocenters. The number of ether oxygens (including phenoxy) is 1. The molecule has 2 aromatic rings. The maximum atomic E-state index is 12.6. The molecule has 1 saturated heterocycles. The molecule has 0 aliphatic carbocycles. The molecular formula is C25H33N3O3. The molecular weight excluding hydrogens is 390 g/mol. The van der Waals surface area contributed by atoms with Crippen molar-refractivity contribution in [3.63, 3.8) is 0 Å². The summed E-state index contributed by atoms with van der Waals surface area (Å²) in [5.41, 5.74) is 2.15. The minimum Gasteiger partial charge on any atom is -0.493 e. The molecule has 31 heavy (non-hydrogen) atoms. The number of carbonyl (C=O) groups is 2. The summed E-state index contributed by atoms with van der Waals surface area (Å²) in [6, 6.07) is 14.7. The highest BCUT2D eigenvalue weighted by atomic mass is 16.5. The van der Waals surface area contributed by atoms with Gasteiger partial charge in [-0.25, -0.2) is 0 Å². The molecule has 3 rings (SSSR count). The number of likely N-dealkylation sites (tertiary alicyclic amines) is 1. The van der Waals surface area contributed by atoms with Crippen LogP contribution in [0.15, 0.2) is 48.5 Å². The fourth-order valence-electron chi connectivity index (χ4n) is 3.44. The van der Waals surface area contributed by atoms with E-state index in [0.29, 0.717) is 29.7 Å². The number of piperidine rings is 1. The lowest BCUT2D eigenvalue weighted by Gasteiger charge is -2.30. The van der Waals surface area contributed by atoms with Crippen LogP contribution in [0.5, 0.6) is 5.75 Å².